The van der Waals surface area contributed by atoms with Crippen molar-refractivity contribution in [3.8, 4) is 0 Å². The van der Waals surface area contributed by atoms with Crippen molar-refractivity contribution in [1.29, 1.82) is 0 Å². The minimum absolute atomic E-state index is 0. The Morgan fingerprint density at radius 2 is 1.91 bits per heavy atom. The zero-order chi connectivity index (χ0) is 15.5. The first-order valence-electron chi connectivity index (χ1n) is 8.05. The van der Waals surface area contributed by atoms with E-state index in [1.807, 2.05) is 34.1 Å². The average molecular weight is 338 g/mol. The van der Waals surface area contributed by atoms with Crippen LogP contribution in [0.5, 0.6) is 0 Å². The molecule has 2 aliphatic rings. The summed E-state index contributed by atoms with van der Waals surface area (Å²) in [5.41, 5.74) is 7.71. The third-order valence-corrected chi connectivity index (χ3v) is 4.49. The van der Waals surface area contributed by atoms with E-state index >= 15 is 0 Å². The fourth-order valence-electron chi connectivity index (χ4n) is 3.22. The Bertz CT molecular complexity index is 561. The Balaban J connectivity index is 0.00000192. The molecule has 0 aliphatic carbocycles. The standard InChI is InChI=1S/C17H23N3O2.ClH/c18-15-3-1-10-20(12-15)17(22)14-7-5-13(6-8-14)11-19-9-2-4-16(19)21;/h5-8,15H,1-4,9-12,18H2;1H. The molecule has 1 aromatic carbocycles. The van der Waals surface area contributed by atoms with Crippen LogP contribution >= 0.6 is 12.4 Å². The monoisotopic (exact) mass is 337 g/mol. The molecule has 23 heavy (non-hydrogen) atoms. The van der Waals surface area contributed by atoms with E-state index in [2.05, 4.69) is 0 Å². The average Bonchev–Trinajstić information content (AvgIpc) is 2.92. The van der Waals surface area contributed by atoms with Crippen LogP contribution in [0.1, 0.15) is 41.6 Å². The molecule has 0 spiro atoms. The highest BCUT2D eigenvalue weighted by Gasteiger charge is 2.23. The van der Waals surface area contributed by atoms with E-state index in [4.69, 9.17) is 5.73 Å². The summed E-state index contributed by atoms with van der Waals surface area (Å²) < 4.78 is 0. The van der Waals surface area contributed by atoms with E-state index in [0.29, 0.717) is 25.1 Å². The van der Waals surface area contributed by atoms with Gasteiger partial charge >= 0.3 is 0 Å². The van der Waals surface area contributed by atoms with Gasteiger partial charge in [-0.25, -0.2) is 0 Å². The largest absolute Gasteiger partial charge is 0.338 e. The summed E-state index contributed by atoms with van der Waals surface area (Å²) >= 11 is 0. The SMILES string of the molecule is Cl.NC1CCCN(C(=O)c2ccc(CN3CCCC3=O)cc2)C1. The first-order valence-corrected chi connectivity index (χ1v) is 8.05. The Morgan fingerprint density at radius 1 is 1.17 bits per heavy atom. The number of carbonyl (C=O) groups excluding carboxylic acids is 2. The summed E-state index contributed by atoms with van der Waals surface area (Å²) in [5.74, 6) is 0.279. The fraction of sp³-hybridized carbons (Fsp3) is 0.529. The topological polar surface area (TPSA) is 66.6 Å². The number of hydrogen-bond donors (Lipinski definition) is 1. The summed E-state index contributed by atoms with van der Waals surface area (Å²) in [5, 5.41) is 0. The van der Waals surface area contributed by atoms with Crippen molar-refractivity contribution in [2.75, 3.05) is 19.6 Å². The van der Waals surface area contributed by atoms with Crippen LogP contribution in [0.15, 0.2) is 24.3 Å². The summed E-state index contributed by atoms with van der Waals surface area (Å²) in [6.45, 7) is 2.91. The molecule has 0 radical (unpaired) electrons. The highest BCUT2D eigenvalue weighted by molar-refractivity contribution is 5.94. The van der Waals surface area contributed by atoms with Gasteiger partial charge in [0.05, 0.1) is 0 Å². The van der Waals surface area contributed by atoms with Crippen LogP contribution in [0, 0.1) is 0 Å². The summed E-state index contributed by atoms with van der Waals surface area (Å²) in [6.07, 6.45) is 3.57. The van der Waals surface area contributed by atoms with E-state index in [1.54, 1.807) is 0 Å². The zero-order valence-corrected chi connectivity index (χ0v) is 14.1. The van der Waals surface area contributed by atoms with Gasteiger partial charge in [-0.2, -0.15) is 0 Å². The number of nitrogens with two attached hydrogens (primary N) is 1. The Labute approximate surface area is 143 Å². The van der Waals surface area contributed by atoms with Crippen molar-refractivity contribution >= 4 is 24.2 Å². The number of benzene rings is 1. The number of carbonyl (C=O) groups is 2. The molecule has 3 rings (SSSR count). The van der Waals surface area contributed by atoms with Crippen LogP contribution in [-0.2, 0) is 11.3 Å². The number of amides is 2. The van der Waals surface area contributed by atoms with Crippen LogP contribution in [-0.4, -0.2) is 47.3 Å². The Kier molecular flexibility index (Phi) is 6.02. The molecule has 1 unspecified atom stereocenters. The van der Waals surface area contributed by atoms with Gasteiger partial charge in [0.15, 0.2) is 0 Å². The maximum atomic E-state index is 12.5. The van der Waals surface area contributed by atoms with Crippen LogP contribution < -0.4 is 5.73 Å². The summed E-state index contributed by atoms with van der Waals surface area (Å²) in [7, 11) is 0. The lowest BCUT2D eigenvalue weighted by molar-refractivity contribution is -0.128. The second kappa shape index (κ2) is 7.79. The number of hydrogen-bond acceptors (Lipinski definition) is 3. The Hall–Kier alpha value is -1.59. The van der Waals surface area contributed by atoms with Crippen molar-refractivity contribution in [3.63, 3.8) is 0 Å². The normalized spacial score (nSPS) is 21.3. The second-order valence-electron chi connectivity index (χ2n) is 6.27. The molecular weight excluding hydrogens is 314 g/mol. The fourth-order valence-corrected chi connectivity index (χ4v) is 3.22. The number of nitrogens with zero attached hydrogens (tertiary/aromatic N) is 2. The molecule has 2 heterocycles. The van der Waals surface area contributed by atoms with E-state index in [-0.39, 0.29) is 30.3 Å². The smallest absolute Gasteiger partial charge is 0.253 e. The molecule has 2 N–H and O–H groups in total. The van der Waals surface area contributed by atoms with Gasteiger partial charge in [-0.05, 0) is 37.0 Å². The quantitative estimate of drug-likeness (QED) is 0.914. The molecular formula is C17H24ClN3O2. The minimum atomic E-state index is 0. The highest BCUT2D eigenvalue weighted by Crippen LogP contribution is 2.16. The molecule has 6 heteroatoms. The van der Waals surface area contributed by atoms with Crippen LogP contribution in [0.3, 0.4) is 0 Å². The van der Waals surface area contributed by atoms with Crippen LogP contribution in [0.4, 0.5) is 0 Å². The molecule has 0 aromatic heterocycles. The lowest BCUT2D eigenvalue weighted by Gasteiger charge is -2.30. The van der Waals surface area contributed by atoms with Gasteiger partial charge in [-0.1, -0.05) is 12.1 Å². The van der Waals surface area contributed by atoms with Gasteiger partial charge in [0, 0.05) is 44.2 Å². The van der Waals surface area contributed by atoms with Gasteiger partial charge in [-0.15, -0.1) is 12.4 Å². The molecule has 2 saturated heterocycles. The van der Waals surface area contributed by atoms with E-state index in [0.717, 1.165) is 37.9 Å². The van der Waals surface area contributed by atoms with E-state index < -0.39 is 0 Å². The highest BCUT2D eigenvalue weighted by atomic mass is 35.5. The molecule has 2 amide bonds. The zero-order valence-electron chi connectivity index (χ0n) is 13.2. The number of likely N-dealkylation sites (tertiary alicyclic amines) is 2. The molecule has 5 nitrogen and oxygen atoms in total. The first kappa shape index (κ1) is 17.8. The van der Waals surface area contributed by atoms with E-state index in [1.165, 1.54) is 0 Å². The summed E-state index contributed by atoms with van der Waals surface area (Å²) in [6, 6.07) is 7.71. The maximum Gasteiger partial charge on any atom is 0.253 e. The predicted molar refractivity (Wildman–Crippen MR) is 91.5 cm³/mol. The third-order valence-electron chi connectivity index (χ3n) is 4.49. The number of rotatable bonds is 3. The predicted octanol–water partition coefficient (Wildman–Crippen LogP) is 1.79. The van der Waals surface area contributed by atoms with E-state index in [9.17, 15) is 9.59 Å². The van der Waals surface area contributed by atoms with Crippen molar-refractivity contribution in [2.24, 2.45) is 5.73 Å². The van der Waals surface area contributed by atoms with Crippen molar-refractivity contribution in [1.82, 2.24) is 9.80 Å². The molecule has 1 atom stereocenters. The summed E-state index contributed by atoms with van der Waals surface area (Å²) in [4.78, 5) is 27.8. The molecule has 2 fully saturated rings. The third kappa shape index (κ3) is 4.24. The maximum absolute atomic E-state index is 12.5. The molecule has 126 valence electrons. The second-order valence-corrected chi connectivity index (χ2v) is 6.27. The molecule has 2 aliphatic heterocycles. The van der Waals surface area contributed by atoms with Gasteiger partial charge < -0.3 is 15.5 Å². The number of halogens is 1. The van der Waals surface area contributed by atoms with Crippen molar-refractivity contribution in [2.45, 2.75) is 38.3 Å². The Morgan fingerprint density at radius 3 is 2.52 bits per heavy atom. The minimum Gasteiger partial charge on any atom is -0.338 e. The lowest BCUT2D eigenvalue weighted by Crippen LogP contribution is -2.45. The van der Waals surface area contributed by atoms with Gasteiger partial charge in [0.25, 0.3) is 5.91 Å². The number of piperidine rings is 1. The lowest BCUT2D eigenvalue weighted by atomic mass is 10.0. The van der Waals surface area contributed by atoms with Crippen LogP contribution in [0.2, 0.25) is 0 Å². The van der Waals surface area contributed by atoms with Gasteiger partial charge in [0.2, 0.25) is 5.91 Å². The molecule has 0 bridgehead atoms. The van der Waals surface area contributed by atoms with Crippen molar-refractivity contribution in [3.05, 3.63) is 35.4 Å². The van der Waals surface area contributed by atoms with Crippen molar-refractivity contribution < 1.29 is 9.59 Å². The van der Waals surface area contributed by atoms with Gasteiger partial charge in [-0.3, -0.25) is 9.59 Å². The first-order chi connectivity index (χ1) is 10.6. The van der Waals surface area contributed by atoms with Gasteiger partial charge in [0.1, 0.15) is 0 Å². The molecule has 0 saturated carbocycles. The van der Waals surface area contributed by atoms with Crippen LogP contribution in [0.25, 0.3) is 0 Å². The molecule has 1 aromatic rings.